The molecule has 0 saturated carbocycles. The number of phenolic OH excluding ortho intramolecular Hbond substituents is 1. The van der Waals surface area contributed by atoms with E-state index >= 15 is 0 Å². The maximum absolute atomic E-state index is 10.4. The molecule has 4 heteroatoms. The predicted octanol–water partition coefficient (Wildman–Crippen LogP) is 2.40. The second kappa shape index (κ2) is 11.0. The average Bonchev–Trinajstić information content (AvgIpc) is 2.37. The van der Waals surface area contributed by atoms with Gasteiger partial charge in [-0.15, -0.1) is 0 Å². The number of hydrogen-bond donors (Lipinski definition) is 3. The summed E-state index contributed by atoms with van der Waals surface area (Å²) in [5.41, 5.74) is 6.12. The van der Waals surface area contributed by atoms with Gasteiger partial charge in [-0.3, -0.25) is 4.79 Å². The van der Waals surface area contributed by atoms with E-state index in [9.17, 15) is 4.79 Å². The van der Waals surface area contributed by atoms with E-state index < -0.39 is 12.0 Å². The van der Waals surface area contributed by atoms with Crippen LogP contribution in [0.1, 0.15) is 33.3 Å². The number of phenols is 1. The van der Waals surface area contributed by atoms with E-state index in [1.165, 1.54) is 12.1 Å². The predicted molar refractivity (Wildman–Crippen MR) is 70.1 cm³/mol. The SMILES string of the molecule is CC.CC.NC(Cc1ccc(O)cc1)C(=O)O. The molecule has 0 bridgehead atoms. The van der Waals surface area contributed by atoms with Crippen molar-refractivity contribution in [3.8, 4) is 5.75 Å². The van der Waals surface area contributed by atoms with Gasteiger partial charge in [-0.05, 0) is 24.1 Å². The highest BCUT2D eigenvalue weighted by molar-refractivity contribution is 5.73. The lowest BCUT2D eigenvalue weighted by Gasteiger charge is -2.05. The first-order valence-electron chi connectivity index (χ1n) is 5.86. The second-order valence-electron chi connectivity index (χ2n) is 2.82. The molecule has 4 nitrogen and oxygen atoms in total. The van der Waals surface area contributed by atoms with Crippen LogP contribution in [0.2, 0.25) is 0 Å². The van der Waals surface area contributed by atoms with Crippen molar-refractivity contribution in [2.24, 2.45) is 5.73 Å². The van der Waals surface area contributed by atoms with Crippen LogP contribution in [0.25, 0.3) is 0 Å². The highest BCUT2D eigenvalue weighted by Gasteiger charge is 2.11. The van der Waals surface area contributed by atoms with Crippen LogP contribution in [0.4, 0.5) is 0 Å². The molecule has 0 aliphatic carbocycles. The molecule has 1 unspecified atom stereocenters. The van der Waals surface area contributed by atoms with Crippen molar-refractivity contribution in [1.82, 2.24) is 0 Å². The third kappa shape index (κ3) is 8.28. The molecule has 0 heterocycles. The van der Waals surface area contributed by atoms with E-state index in [1.54, 1.807) is 12.1 Å². The zero-order valence-electron chi connectivity index (χ0n) is 11.0. The third-order valence-electron chi connectivity index (χ3n) is 1.71. The molecule has 0 fully saturated rings. The zero-order valence-corrected chi connectivity index (χ0v) is 11.0. The number of benzene rings is 1. The average molecular weight is 241 g/mol. The molecule has 0 aromatic heterocycles. The molecule has 1 rings (SSSR count). The quantitative estimate of drug-likeness (QED) is 0.758. The Hall–Kier alpha value is -1.55. The molecule has 0 radical (unpaired) electrons. The highest BCUT2D eigenvalue weighted by Crippen LogP contribution is 2.10. The van der Waals surface area contributed by atoms with Crippen molar-refractivity contribution >= 4 is 5.97 Å². The maximum atomic E-state index is 10.4. The van der Waals surface area contributed by atoms with Crippen molar-refractivity contribution in [3.63, 3.8) is 0 Å². The van der Waals surface area contributed by atoms with E-state index in [4.69, 9.17) is 15.9 Å². The van der Waals surface area contributed by atoms with Crippen molar-refractivity contribution in [3.05, 3.63) is 29.8 Å². The number of carboxylic acid groups (broad SMARTS) is 1. The Labute approximate surface area is 103 Å². The number of carboxylic acids is 1. The van der Waals surface area contributed by atoms with Gasteiger partial charge in [0.05, 0.1) is 0 Å². The van der Waals surface area contributed by atoms with Crippen LogP contribution < -0.4 is 5.73 Å². The summed E-state index contributed by atoms with van der Waals surface area (Å²) < 4.78 is 0. The fraction of sp³-hybridized carbons (Fsp3) is 0.462. The van der Waals surface area contributed by atoms with Gasteiger partial charge in [0, 0.05) is 0 Å². The summed E-state index contributed by atoms with van der Waals surface area (Å²) in [7, 11) is 0. The first-order valence-corrected chi connectivity index (χ1v) is 5.86. The zero-order chi connectivity index (χ0) is 13.8. The van der Waals surface area contributed by atoms with Crippen LogP contribution in [0, 0.1) is 0 Å². The molecular formula is C13H23NO3. The Kier molecular flexibility index (Phi) is 11.5. The molecule has 98 valence electrons. The van der Waals surface area contributed by atoms with Crippen LogP contribution in [0.15, 0.2) is 24.3 Å². The monoisotopic (exact) mass is 241 g/mol. The third-order valence-corrected chi connectivity index (χ3v) is 1.71. The summed E-state index contributed by atoms with van der Waals surface area (Å²) in [6.07, 6.45) is 0.273. The van der Waals surface area contributed by atoms with Crippen molar-refractivity contribution in [1.29, 1.82) is 0 Å². The molecular weight excluding hydrogens is 218 g/mol. The Morgan fingerprint density at radius 2 is 1.59 bits per heavy atom. The summed E-state index contributed by atoms with van der Waals surface area (Å²) >= 11 is 0. The summed E-state index contributed by atoms with van der Waals surface area (Å²) in [6.45, 7) is 8.00. The Bertz CT molecular complexity index is 296. The first-order chi connectivity index (χ1) is 8.09. The lowest BCUT2D eigenvalue weighted by molar-refractivity contribution is -0.138. The molecule has 0 aliphatic heterocycles. The Balaban J connectivity index is 0. The highest BCUT2D eigenvalue weighted by atomic mass is 16.4. The van der Waals surface area contributed by atoms with E-state index in [-0.39, 0.29) is 12.2 Å². The fourth-order valence-corrected chi connectivity index (χ4v) is 0.973. The molecule has 1 atom stereocenters. The van der Waals surface area contributed by atoms with Gasteiger partial charge in [-0.2, -0.15) is 0 Å². The lowest BCUT2D eigenvalue weighted by atomic mass is 10.1. The number of rotatable bonds is 3. The number of carbonyl (C=O) groups is 1. The van der Waals surface area contributed by atoms with Crippen molar-refractivity contribution in [2.45, 2.75) is 40.2 Å². The van der Waals surface area contributed by atoms with Crippen molar-refractivity contribution < 1.29 is 15.0 Å². The standard InChI is InChI=1S/C9H11NO3.2C2H6/c10-8(9(12)13)5-6-1-3-7(11)4-2-6;2*1-2/h1-4,8,11H,5,10H2,(H,12,13);2*1-2H3. The Morgan fingerprint density at radius 3 is 1.94 bits per heavy atom. The van der Waals surface area contributed by atoms with Gasteiger partial charge in [-0.25, -0.2) is 0 Å². The largest absolute Gasteiger partial charge is 0.508 e. The number of aromatic hydroxyl groups is 1. The van der Waals surface area contributed by atoms with Crippen molar-refractivity contribution in [2.75, 3.05) is 0 Å². The topological polar surface area (TPSA) is 83.5 Å². The van der Waals surface area contributed by atoms with E-state index in [2.05, 4.69) is 0 Å². The van der Waals surface area contributed by atoms with E-state index in [0.29, 0.717) is 0 Å². The molecule has 4 N–H and O–H groups in total. The second-order valence-corrected chi connectivity index (χ2v) is 2.82. The molecule has 0 saturated heterocycles. The van der Waals surface area contributed by atoms with Gasteiger partial charge >= 0.3 is 5.97 Å². The van der Waals surface area contributed by atoms with Gasteiger partial charge in [0.2, 0.25) is 0 Å². The number of hydrogen-bond acceptors (Lipinski definition) is 3. The fourth-order valence-electron chi connectivity index (χ4n) is 0.973. The van der Waals surface area contributed by atoms with Gasteiger partial charge in [0.15, 0.2) is 0 Å². The minimum atomic E-state index is -1.02. The smallest absolute Gasteiger partial charge is 0.320 e. The maximum Gasteiger partial charge on any atom is 0.320 e. The van der Waals surface area contributed by atoms with Gasteiger partial charge in [-0.1, -0.05) is 39.8 Å². The van der Waals surface area contributed by atoms with Crippen LogP contribution in [-0.2, 0) is 11.2 Å². The number of aliphatic carboxylic acids is 1. The lowest BCUT2D eigenvalue weighted by Crippen LogP contribution is -2.32. The first kappa shape index (κ1) is 17.8. The van der Waals surface area contributed by atoms with Crippen LogP contribution >= 0.6 is 0 Å². The molecule has 1 aromatic carbocycles. The summed E-state index contributed by atoms with van der Waals surface area (Å²) in [6, 6.07) is 5.42. The summed E-state index contributed by atoms with van der Waals surface area (Å²) in [4.78, 5) is 10.4. The van der Waals surface area contributed by atoms with Gasteiger partial charge in [0.1, 0.15) is 11.8 Å². The molecule has 1 aromatic rings. The van der Waals surface area contributed by atoms with Crippen LogP contribution in [-0.4, -0.2) is 22.2 Å². The van der Waals surface area contributed by atoms with E-state index in [0.717, 1.165) is 5.56 Å². The van der Waals surface area contributed by atoms with Crippen LogP contribution in [0.5, 0.6) is 5.75 Å². The summed E-state index contributed by atoms with van der Waals surface area (Å²) in [5.74, 6) is -0.860. The minimum absolute atomic E-state index is 0.160. The Morgan fingerprint density at radius 1 is 1.18 bits per heavy atom. The molecule has 0 amide bonds. The summed E-state index contributed by atoms with van der Waals surface area (Å²) in [5, 5.41) is 17.5. The molecule has 0 spiro atoms. The molecule has 0 aliphatic rings. The van der Waals surface area contributed by atoms with Gasteiger partial charge < -0.3 is 15.9 Å². The number of nitrogens with two attached hydrogens (primary N) is 1. The van der Waals surface area contributed by atoms with E-state index in [1.807, 2.05) is 27.7 Å². The minimum Gasteiger partial charge on any atom is -0.508 e. The molecule has 17 heavy (non-hydrogen) atoms. The van der Waals surface area contributed by atoms with Crippen LogP contribution in [0.3, 0.4) is 0 Å². The van der Waals surface area contributed by atoms with Gasteiger partial charge in [0.25, 0.3) is 0 Å². The normalized spacial score (nSPS) is 10.2.